The van der Waals surface area contributed by atoms with Crippen molar-refractivity contribution in [1.82, 2.24) is 20.1 Å². The number of fused-ring (bicyclic) bond motifs is 1. The van der Waals surface area contributed by atoms with Crippen LogP contribution in [0.3, 0.4) is 0 Å². The number of aromatic nitrogens is 3. The molecule has 0 radical (unpaired) electrons. The van der Waals surface area contributed by atoms with Gasteiger partial charge in [0.05, 0.1) is 30.0 Å². The summed E-state index contributed by atoms with van der Waals surface area (Å²) in [7, 11) is 1.82. The van der Waals surface area contributed by atoms with E-state index in [0.29, 0.717) is 5.69 Å². The Kier molecular flexibility index (Phi) is 4.56. The number of anilines is 1. The Morgan fingerprint density at radius 3 is 2.68 bits per heavy atom. The first-order valence-electron chi connectivity index (χ1n) is 8.07. The molecule has 0 saturated carbocycles. The molecule has 0 aliphatic heterocycles. The highest BCUT2D eigenvalue weighted by molar-refractivity contribution is 5.96. The number of nitrogens with one attached hydrogen (secondary N) is 3. The lowest BCUT2D eigenvalue weighted by Crippen LogP contribution is -2.33. The summed E-state index contributed by atoms with van der Waals surface area (Å²) in [5, 5.41) is 10.7. The number of aromatic amines is 1. The van der Waals surface area contributed by atoms with E-state index >= 15 is 0 Å². The lowest BCUT2D eigenvalue weighted by molar-refractivity contribution is -0.123. The number of hydrogen-bond donors (Lipinski definition) is 3. The van der Waals surface area contributed by atoms with Crippen LogP contribution in [0.1, 0.15) is 17.0 Å². The highest BCUT2D eigenvalue weighted by Gasteiger charge is 2.14. The highest BCUT2D eigenvalue weighted by atomic mass is 16.2. The lowest BCUT2D eigenvalue weighted by atomic mass is 10.1. The maximum absolute atomic E-state index is 12.1. The van der Waals surface area contributed by atoms with Crippen LogP contribution in [-0.2, 0) is 23.1 Å². The Morgan fingerprint density at radius 1 is 1.20 bits per heavy atom. The van der Waals surface area contributed by atoms with E-state index in [9.17, 15) is 9.59 Å². The minimum atomic E-state index is -0.272. The summed E-state index contributed by atoms with van der Waals surface area (Å²) in [6.07, 6.45) is 2.05. The normalized spacial score (nSPS) is 10.8. The van der Waals surface area contributed by atoms with Gasteiger partial charge < -0.3 is 15.6 Å². The number of hydrogen-bond acceptors (Lipinski definition) is 3. The molecule has 0 bridgehead atoms. The monoisotopic (exact) mass is 339 g/mol. The minimum Gasteiger partial charge on any atom is -0.361 e. The Bertz CT molecular complexity index is 938. The van der Waals surface area contributed by atoms with Gasteiger partial charge >= 0.3 is 0 Å². The molecule has 0 unspecified atom stereocenters. The third-order valence-corrected chi connectivity index (χ3v) is 4.25. The maximum Gasteiger partial charge on any atom is 0.243 e. The first kappa shape index (κ1) is 16.8. The second-order valence-electron chi connectivity index (χ2n) is 6.03. The number of para-hydroxylation sites is 1. The number of amides is 2. The molecule has 25 heavy (non-hydrogen) atoms. The predicted molar refractivity (Wildman–Crippen MR) is 96.3 cm³/mol. The molecule has 0 aliphatic rings. The number of benzene rings is 1. The van der Waals surface area contributed by atoms with Crippen LogP contribution >= 0.6 is 0 Å². The fraction of sp³-hybridized carbons (Fsp3) is 0.278. The quantitative estimate of drug-likeness (QED) is 0.662. The van der Waals surface area contributed by atoms with E-state index in [0.717, 1.165) is 27.9 Å². The number of carbonyl (C=O) groups excluding carboxylic acids is 2. The van der Waals surface area contributed by atoms with Gasteiger partial charge in [-0.3, -0.25) is 14.3 Å². The largest absolute Gasteiger partial charge is 0.361 e. The molecule has 0 saturated heterocycles. The lowest BCUT2D eigenvalue weighted by Gasteiger charge is -2.07. The van der Waals surface area contributed by atoms with Gasteiger partial charge in [0.25, 0.3) is 0 Å². The second-order valence-corrected chi connectivity index (χ2v) is 6.03. The molecular weight excluding hydrogens is 318 g/mol. The van der Waals surface area contributed by atoms with E-state index in [2.05, 4.69) is 20.7 Å². The van der Waals surface area contributed by atoms with Crippen LogP contribution in [0, 0.1) is 13.8 Å². The molecule has 3 aromatic rings. The molecule has 0 spiro atoms. The van der Waals surface area contributed by atoms with Gasteiger partial charge in [-0.05, 0) is 25.5 Å². The molecule has 7 heteroatoms. The average molecular weight is 339 g/mol. The molecule has 0 atom stereocenters. The number of carbonyl (C=O) groups is 2. The third kappa shape index (κ3) is 3.55. The number of nitrogens with zero attached hydrogens (tertiary/aromatic N) is 2. The standard InChI is InChI=1S/C18H21N5O2/c1-11-18(12(2)23(3)22-11)21-17(25)10-20-16(24)8-13-9-19-15-7-5-4-6-14(13)15/h4-7,9,19H,8,10H2,1-3H3,(H,20,24)(H,21,25). The van der Waals surface area contributed by atoms with Gasteiger partial charge in [0.15, 0.2) is 0 Å². The molecule has 3 N–H and O–H groups in total. The van der Waals surface area contributed by atoms with Crippen molar-refractivity contribution in [3.63, 3.8) is 0 Å². The molecular formula is C18H21N5O2. The molecule has 1 aromatic carbocycles. The Hall–Kier alpha value is -3.09. The van der Waals surface area contributed by atoms with E-state index in [4.69, 9.17) is 0 Å². The summed E-state index contributed by atoms with van der Waals surface area (Å²) >= 11 is 0. The summed E-state index contributed by atoms with van der Waals surface area (Å²) in [6.45, 7) is 3.64. The van der Waals surface area contributed by atoms with Crippen molar-refractivity contribution in [1.29, 1.82) is 0 Å². The van der Waals surface area contributed by atoms with E-state index in [1.807, 2.05) is 51.4 Å². The van der Waals surface area contributed by atoms with Crippen molar-refractivity contribution in [2.24, 2.45) is 7.05 Å². The maximum atomic E-state index is 12.1. The molecule has 0 aliphatic carbocycles. The van der Waals surface area contributed by atoms with Crippen molar-refractivity contribution in [2.45, 2.75) is 20.3 Å². The number of aryl methyl sites for hydroxylation is 2. The molecule has 130 valence electrons. The first-order valence-corrected chi connectivity index (χ1v) is 8.07. The zero-order valence-corrected chi connectivity index (χ0v) is 14.5. The third-order valence-electron chi connectivity index (χ3n) is 4.25. The van der Waals surface area contributed by atoms with E-state index in [1.165, 1.54) is 0 Å². The van der Waals surface area contributed by atoms with Crippen LogP contribution in [0.25, 0.3) is 10.9 Å². The van der Waals surface area contributed by atoms with Gasteiger partial charge in [-0.1, -0.05) is 18.2 Å². The van der Waals surface area contributed by atoms with Crippen molar-refractivity contribution in [3.8, 4) is 0 Å². The summed E-state index contributed by atoms with van der Waals surface area (Å²) in [5.74, 6) is -0.467. The van der Waals surface area contributed by atoms with Crippen LogP contribution in [0.4, 0.5) is 5.69 Å². The van der Waals surface area contributed by atoms with Crippen LogP contribution in [-0.4, -0.2) is 33.1 Å². The van der Waals surface area contributed by atoms with Gasteiger partial charge in [0.2, 0.25) is 11.8 Å². The second kappa shape index (κ2) is 6.80. The Labute approximate surface area is 145 Å². The fourth-order valence-corrected chi connectivity index (χ4v) is 2.83. The Balaban J connectivity index is 1.56. The van der Waals surface area contributed by atoms with E-state index in [-0.39, 0.29) is 24.8 Å². The van der Waals surface area contributed by atoms with Gasteiger partial charge in [0.1, 0.15) is 0 Å². The zero-order valence-electron chi connectivity index (χ0n) is 14.5. The number of H-pyrrole nitrogens is 1. The molecule has 2 heterocycles. The van der Waals surface area contributed by atoms with Gasteiger partial charge in [0, 0.05) is 24.1 Å². The summed E-state index contributed by atoms with van der Waals surface area (Å²) in [6, 6.07) is 7.80. The van der Waals surface area contributed by atoms with Crippen molar-refractivity contribution < 1.29 is 9.59 Å². The Morgan fingerprint density at radius 2 is 1.96 bits per heavy atom. The fourth-order valence-electron chi connectivity index (χ4n) is 2.83. The van der Waals surface area contributed by atoms with Crippen molar-refractivity contribution in [3.05, 3.63) is 47.4 Å². The van der Waals surface area contributed by atoms with E-state index < -0.39 is 0 Å². The van der Waals surface area contributed by atoms with Gasteiger partial charge in [-0.25, -0.2) is 0 Å². The molecule has 2 amide bonds. The topological polar surface area (TPSA) is 91.8 Å². The average Bonchev–Trinajstić information content (AvgIpc) is 3.09. The van der Waals surface area contributed by atoms with Crippen LogP contribution in [0.5, 0.6) is 0 Å². The van der Waals surface area contributed by atoms with Gasteiger partial charge in [-0.15, -0.1) is 0 Å². The zero-order chi connectivity index (χ0) is 18.0. The van der Waals surface area contributed by atoms with Crippen LogP contribution < -0.4 is 10.6 Å². The summed E-state index contributed by atoms with van der Waals surface area (Å²) in [4.78, 5) is 27.3. The molecule has 2 aromatic heterocycles. The molecule has 0 fully saturated rings. The van der Waals surface area contributed by atoms with Crippen LogP contribution in [0.15, 0.2) is 30.5 Å². The van der Waals surface area contributed by atoms with Crippen molar-refractivity contribution >= 4 is 28.4 Å². The minimum absolute atomic E-state index is 0.0744. The first-order chi connectivity index (χ1) is 12.0. The SMILES string of the molecule is Cc1nn(C)c(C)c1NC(=O)CNC(=O)Cc1c[nH]c2ccccc12. The van der Waals surface area contributed by atoms with Crippen LogP contribution in [0.2, 0.25) is 0 Å². The van der Waals surface area contributed by atoms with Gasteiger partial charge in [-0.2, -0.15) is 5.10 Å². The van der Waals surface area contributed by atoms with E-state index in [1.54, 1.807) is 4.68 Å². The smallest absolute Gasteiger partial charge is 0.243 e. The highest BCUT2D eigenvalue weighted by Crippen LogP contribution is 2.19. The summed E-state index contributed by atoms with van der Waals surface area (Å²) < 4.78 is 1.71. The van der Waals surface area contributed by atoms with Crippen molar-refractivity contribution in [2.75, 3.05) is 11.9 Å². The molecule has 3 rings (SSSR count). The number of rotatable bonds is 5. The molecule has 7 nitrogen and oxygen atoms in total. The summed E-state index contributed by atoms with van der Waals surface area (Å²) in [5.41, 5.74) is 4.21. The predicted octanol–water partition coefficient (Wildman–Crippen LogP) is 1.82.